The number of rotatable bonds is 4. The van der Waals surface area contributed by atoms with Gasteiger partial charge in [0.1, 0.15) is 0 Å². The van der Waals surface area contributed by atoms with Crippen molar-refractivity contribution in [2.45, 2.75) is 51.4 Å². The summed E-state index contributed by atoms with van der Waals surface area (Å²) < 4.78 is 0. The van der Waals surface area contributed by atoms with E-state index >= 15 is 0 Å². The van der Waals surface area contributed by atoms with Gasteiger partial charge in [0.2, 0.25) is 5.91 Å². The van der Waals surface area contributed by atoms with Crippen molar-refractivity contribution in [2.24, 2.45) is 5.92 Å². The molecule has 4 heteroatoms. The van der Waals surface area contributed by atoms with E-state index in [0.29, 0.717) is 6.54 Å². The Balaban J connectivity index is 2.12. The van der Waals surface area contributed by atoms with Crippen LogP contribution in [0.4, 0.5) is 0 Å². The highest BCUT2D eigenvalue weighted by molar-refractivity contribution is 5.80. The molecule has 21 heavy (non-hydrogen) atoms. The smallest absolute Gasteiger partial charge is 0.228 e. The Bertz CT molecular complexity index is 481. The zero-order valence-corrected chi connectivity index (χ0v) is 13.0. The SMILES string of the molecule is C[C@@H](C(=O)N1CCC[C@H]1C(C)(C)O)[C@@H](O)c1ccccc1. The van der Waals surface area contributed by atoms with Crippen LogP contribution in [0.2, 0.25) is 0 Å². The molecule has 0 saturated carbocycles. The van der Waals surface area contributed by atoms with Crippen molar-refractivity contribution < 1.29 is 15.0 Å². The maximum absolute atomic E-state index is 12.7. The van der Waals surface area contributed by atoms with E-state index in [-0.39, 0.29) is 11.9 Å². The second-order valence-electron chi connectivity index (χ2n) is 6.49. The molecule has 0 aliphatic carbocycles. The third-order valence-corrected chi connectivity index (χ3v) is 4.36. The molecule has 1 aromatic rings. The minimum absolute atomic E-state index is 0.0871. The summed E-state index contributed by atoms with van der Waals surface area (Å²) in [6.07, 6.45) is 0.888. The Hall–Kier alpha value is -1.39. The van der Waals surface area contributed by atoms with Crippen LogP contribution in [-0.2, 0) is 4.79 Å². The minimum Gasteiger partial charge on any atom is -0.388 e. The molecule has 1 saturated heterocycles. The van der Waals surface area contributed by atoms with Crippen LogP contribution >= 0.6 is 0 Å². The Kier molecular flexibility index (Phi) is 4.69. The predicted molar refractivity (Wildman–Crippen MR) is 81.6 cm³/mol. The number of nitrogens with zero attached hydrogens (tertiary/aromatic N) is 1. The average molecular weight is 291 g/mol. The fourth-order valence-electron chi connectivity index (χ4n) is 3.10. The van der Waals surface area contributed by atoms with E-state index in [0.717, 1.165) is 18.4 Å². The summed E-state index contributed by atoms with van der Waals surface area (Å²) in [6.45, 7) is 5.88. The van der Waals surface area contributed by atoms with Gasteiger partial charge in [0.25, 0.3) is 0 Å². The number of amides is 1. The number of carbonyl (C=O) groups excluding carboxylic acids is 1. The van der Waals surface area contributed by atoms with E-state index < -0.39 is 17.6 Å². The topological polar surface area (TPSA) is 60.8 Å². The monoisotopic (exact) mass is 291 g/mol. The first kappa shape index (κ1) is 16.0. The van der Waals surface area contributed by atoms with E-state index in [1.54, 1.807) is 25.7 Å². The Labute approximate surface area is 126 Å². The van der Waals surface area contributed by atoms with Crippen LogP contribution in [0, 0.1) is 5.92 Å². The van der Waals surface area contributed by atoms with E-state index in [2.05, 4.69) is 0 Å². The van der Waals surface area contributed by atoms with Crippen LogP contribution in [0.3, 0.4) is 0 Å². The molecule has 1 aliphatic heterocycles. The second kappa shape index (κ2) is 6.16. The Morgan fingerprint density at radius 1 is 1.33 bits per heavy atom. The molecule has 0 unspecified atom stereocenters. The first-order valence-corrected chi connectivity index (χ1v) is 7.58. The number of hydrogen-bond acceptors (Lipinski definition) is 3. The highest BCUT2D eigenvalue weighted by Crippen LogP contribution is 2.31. The number of aliphatic hydroxyl groups is 2. The largest absolute Gasteiger partial charge is 0.388 e. The van der Waals surface area contributed by atoms with Crippen LogP contribution < -0.4 is 0 Å². The van der Waals surface area contributed by atoms with Gasteiger partial charge in [-0.1, -0.05) is 37.3 Å². The van der Waals surface area contributed by atoms with Gasteiger partial charge in [-0.15, -0.1) is 0 Å². The van der Waals surface area contributed by atoms with Crippen molar-refractivity contribution in [1.29, 1.82) is 0 Å². The molecular weight excluding hydrogens is 266 g/mol. The van der Waals surface area contributed by atoms with Crippen molar-refractivity contribution in [1.82, 2.24) is 4.90 Å². The van der Waals surface area contributed by atoms with Crippen molar-refractivity contribution in [3.63, 3.8) is 0 Å². The molecule has 2 N–H and O–H groups in total. The van der Waals surface area contributed by atoms with Crippen LogP contribution in [0.5, 0.6) is 0 Å². The minimum atomic E-state index is -0.913. The second-order valence-corrected chi connectivity index (χ2v) is 6.49. The van der Waals surface area contributed by atoms with Crippen molar-refractivity contribution >= 4 is 5.91 Å². The third kappa shape index (κ3) is 3.44. The average Bonchev–Trinajstić information content (AvgIpc) is 2.95. The summed E-state index contributed by atoms with van der Waals surface area (Å²) in [7, 11) is 0. The van der Waals surface area contributed by atoms with Gasteiger partial charge in [-0.3, -0.25) is 4.79 Å². The normalized spacial score (nSPS) is 22.1. The van der Waals surface area contributed by atoms with Gasteiger partial charge in [-0.05, 0) is 32.3 Å². The molecule has 2 rings (SSSR count). The van der Waals surface area contributed by atoms with Crippen LogP contribution in [-0.4, -0.2) is 39.2 Å². The van der Waals surface area contributed by atoms with E-state index in [1.165, 1.54) is 0 Å². The van der Waals surface area contributed by atoms with Gasteiger partial charge in [0.15, 0.2) is 0 Å². The maximum atomic E-state index is 12.7. The number of hydrogen-bond donors (Lipinski definition) is 2. The molecule has 1 aliphatic rings. The molecule has 0 spiro atoms. The van der Waals surface area contributed by atoms with E-state index in [4.69, 9.17) is 0 Å². The number of aliphatic hydroxyl groups excluding tert-OH is 1. The molecule has 4 nitrogen and oxygen atoms in total. The maximum Gasteiger partial charge on any atom is 0.228 e. The zero-order chi connectivity index (χ0) is 15.6. The van der Waals surface area contributed by atoms with Crippen molar-refractivity contribution in [2.75, 3.05) is 6.54 Å². The van der Waals surface area contributed by atoms with Crippen LogP contribution in [0.15, 0.2) is 30.3 Å². The summed E-state index contributed by atoms with van der Waals surface area (Å²) in [4.78, 5) is 14.4. The molecule has 116 valence electrons. The quantitative estimate of drug-likeness (QED) is 0.893. The van der Waals surface area contributed by atoms with Crippen molar-refractivity contribution in [3.05, 3.63) is 35.9 Å². The molecule has 0 aromatic heterocycles. The zero-order valence-electron chi connectivity index (χ0n) is 13.0. The summed E-state index contributed by atoms with van der Waals surface area (Å²) in [6, 6.07) is 9.07. The lowest BCUT2D eigenvalue weighted by Gasteiger charge is -2.36. The van der Waals surface area contributed by atoms with Gasteiger partial charge in [-0.2, -0.15) is 0 Å². The highest BCUT2D eigenvalue weighted by Gasteiger charge is 2.40. The number of carbonyl (C=O) groups is 1. The van der Waals surface area contributed by atoms with Gasteiger partial charge >= 0.3 is 0 Å². The predicted octanol–water partition coefficient (Wildman–Crippen LogP) is 2.12. The lowest BCUT2D eigenvalue weighted by atomic mass is 9.93. The molecule has 3 atom stereocenters. The van der Waals surface area contributed by atoms with Crippen LogP contribution in [0.1, 0.15) is 45.3 Å². The molecule has 1 amide bonds. The molecular formula is C17H25NO3. The molecule has 1 heterocycles. The van der Waals surface area contributed by atoms with Gasteiger partial charge < -0.3 is 15.1 Å². The molecule has 1 aromatic carbocycles. The molecule has 1 fully saturated rings. The first-order chi connectivity index (χ1) is 9.82. The standard InChI is InChI=1S/C17H25NO3/c1-12(15(19)13-8-5-4-6-9-13)16(20)18-11-7-10-14(18)17(2,3)21/h4-6,8-9,12,14-15,19,21H,7,10-11H2,1-3H3/t12-,14+,15-/m1/s1. The summed E-state index contributed by atoms with van der Waals surface area (Å²) in [5.74, 6) is -0.605. The van der Waals surface area contributed by atoms with E-state index in [1.807, 2.05) is 30.3 Å². The molecule has 0 radical (unpaired) electrons. The van der Waals surface area contributed by atoms with Gasteiger partial charge in [0.05, 0.1) is 23.7 Å². The van der Waals surface area contributed by atoms with Crippen molar-refractivity contribution in [3.8, 4) is 0 Å². The van der Waals surface area contributed by atoms with Gasteiger partial charge in [0, 0.05) is 6.54 Å². The fourth-order valence-corrected chi connectivity index (χ4v) is 3.10. The Morgan fingerprint density at radius 3 is 2.52 bits per heavy atom. The first-order valence-electron chi connectivity index (χ1n) is 7.58. The van der Waals surface area contributed by atoms with Crippen LogP contribution in [0.25, 0.3) is 0 Å². The molecule has 0 bridgehead atoms. The summed E-state index contributed by atoms with van der Waals surface area (Å²) in [5.41, 5.74) is -0.166. The summed E-state index contributed by atoms with van der Waals surface area (Å²) in [5, 5.41) is 20.6. The lowest BCUT2D eigenvalue weighted by Crippen LogP contribution is -2.50. The van der Waals surface area contributed by atoms with E-state index in [9.17, 15) is 15.0 Å². The van der Waals surface area contributed by atoms with Gasteiger partial charge in [-0.25, -0.2) is 0 Å². The Morgan fingerprint density at radius 2 is 1.95 bits per heavy atom. The summed E-state index contributed by atoms with van der Waals surface area (Å²) >= 11 is 0. The fraction of sp³-hybridized carbons (Fsp3) is 0.588. The number of likely N-dealkylation sites (tertiary alicyclic amines) is 1. The highest BCUT2D eigenvalue weighted by atomic mass is 16.3. The lowest BCUT2D eigenvalue weighted by molar-refractivity contribution is -0.144. The third-order valence-electron chi connectivity index (χ3n) is 4.36. The number of benzene rings is 1.